The molecule has 0 fully saturated rings. The standard InChI is InChI=1S/C17H31N3O3S2/c1-3-5-7-8-9-10-12-16-19-20-17(24-16)18-15(21)14-25(22,23)13-11-6-4-2/h3-14H2,1-2H3,(H,18,20,21). The van der Waals surface area contributed by atoms with Crippen LogP contribution in [-0.2, 0) is 21.1 Å². The Kier molecular flexibility index (Phi) is 10.9. The summed E-state index contributed by atoms with van der Waals surface area (Å²) in [6, 6.07) is 0. The Bertz CT molecular complexity index is 600. The maximum Gasteiger partial charge on any atom is 0.241 e. The summed E-state index contributed by atoms with van der Waals surface area (Å²) < 4.78 is 23.7. The Hall–Kier alpha value is -1.02. The monoisotopic (exact) mass is 389 g/mol. The normalized spacial score (nSPS) is 11.6. The van der Waals surface area contributed by atoms with Crippen LogP contribution in [0.1, 0.15) is 76.6 Å². The highest BCUT2D eigenvalue weighted by Crippen LogP contribution is 2.18. The zero-order valence-electron chi connectivity index (χ0n) is 15.4. The largest absolute Gasteiger partial charge is 0.300 e. The highest BCUT2D eigenvalue weighted by atomic mass is 32.2. The lowest BCUT2D eigenvalue weighted by Crippen LogP contribution is -2.24. The van der Waals surface area contributed by atoms with Gasteiger partial charge in [-0.05, 0) is 12.8 Å². The first-order chi connectivity index (χ1) is 12.0. The third kappa shape index (κ3) is 10.5. The van der Waals surface area contributed by atoms with Crippen LogP contribution in [0.25, 0.3) is 0 Å². The van der Waals surface area contributed by atoms with E-state index in [0.717, 1.165) is 30.7 Å². The van der Waals surface area contributed by atoms with E-state index in [1.807, 2.05) is 6.92 Å². The predicted octanol–water partition coefficient (Wildman–Crippen LogP) is 3.98. The number of aryl methyl sites for hydroxylation is 1. The van der Waals surface area contributed by atoms with E-state index < -0.39 is 21.5 Å². The molecular weight excluding hydrogens is 358 g/mol. The zero-order valence-corrected chi connectivity index (χ0v) is 17.1. The van der Waals surface area contributed by atoms with Gasteiger partial charge in [-0.25, -0.2) is 8.42 Å². The minimum absolute atomic E-state index is 0.0632. The fraction of sp³-hybridized carbons (Fsp3) is 0.824. The maximum atomic E-state index is 11.9. The smallest absolute Gasteiger partial charge is 0.241 e. The summed E-state index contributed by atoms with van der Waals surface area (Å²) in [5.74, 6) is -0.949. The topological polar surface area (TPSA) is 89.0 Å². The van der Waals surface area contributed by atoms with Crippen molar-refractivity contribution in [2.45, 2.75) is 78.1 Å². The highest BCUT2D eigenvalue weighted by molar-refractivity contribution is 7.92. The van der Waals surface area contributed by atoms with Gasteiger partial charge in [-0.2, -0.15) is 0 Å². The van der Waals surface area contributed by atoms with Crippen LogP contribution in [0.15, 0.2) is 0 Å². The summed E-state index contributed by atoms with van der Waals surface area (Å²) in [4.78, 5) is 11.9. The van der Waals surface area contributed by atoms with Crippen LogP contribution in [-0.4, -0.2) is 36.0 Å². The van der Waals surface area contributed by atoms with Gasteiger partial charge in [0.15, 0.2) is 9.84 Å². The van der Waals surface area contributed by atoms with Crippen molar-refractivity contribution in [3.05, 3.63) is 5.01 Å². The fourth-order valence-electron chi connectivity index (χ4n) is 2.46. The average molecular weight is 390 g/mol. The van der Waals surface area contributed by atoms with Gasteiger partial charge < -0.3 is 0 Å². The van der Waals surface area contributed by atoms with E-state index in [1.54, 1.807) is 0 Å². The number of nitrogens with one attached hydrogen (secondary N) is 1. The van der Waals surface area contributed by atoms with Crippen molar-refractivity contribution in [2.24, 2.45) is 0 Å². The summed E-state index contributed by atoms with van der Waals surface area (Å²) in [6.45, 7) is 4.21. The molecule has 0 aromatic carbocycles. The molecule has 1 aromatic rings. The number of carbonyl (C=O) groups is 1. The summed E-state index contributed by atoms with van der Waals surface area (Å²) in [7, 11) is -3.35. The molecule has 0 saturated carbocycles. The van der Waals surface area contributed by atoms with Gasteiger partial charge >= 0.3 is 0 Å². The molecule has 1 amide bonds. The van der Waals surface area contributed by atoms with Crippen molar-refractivity contribution in [1.82, 2.24) is 10.2 Å². The number of amides is 1. The first-order valence-corrected chi connectivity index (χ1v) is 11.9. The van der Waals surface area contributed by atoms with Crippen molar-refractivity contribution < 1.29 is 13.2 Å². The van der Waals surface area contributed by atoms with Crippen LogP contribution in [0.3, 0.4) is 0 Å². The lowest BCUT2D eigenvalue weighted by Gasteiger charge is -2.03. The molecule has 0 atom stereocenters. The molecule has 0 saturated heterocycles. The predicted molar refractivity (Wildman–Crippen MR) is 104 cm³/mol. The molecule has 0 radical (unpaired) electrons. The molecule has 1 N–H and O–H groups in total. The Labute approximate surface area is 155 Å². The Morgan fingerprint density at radius 3 is 2.32 bits per heavy atom. The van der Waals surface area contributed by atoms with Gasteiger partial charge in [-0.15, -0.1) is 10.2 Å². The second-order valence-electron chi connectivity index (χ2n) is 6.37. The van der Waals surface area contributed by atoms with Crippen molar-refractivity contribution in [3.8, 4) is 0 Å². The van der Waals surface area contributed by atoms with Crippen LogP contribution in [0, 0.1) is 0 Å². The van der Waals surface area contributed by atoms with Crippen LogP contribution in [0.5, 0.6) is 0 Å². The van der Waals surface area contributed by atoms with E-state index >= 15 is 0 Å². The molecule has 6 nitrogen and oxygen atoms in total. The van der Waals surface area contributed by atoms with Gasteiger partial charge in [0.05, 0.1) is 5.75 Å². The molecule has 0 spiro atoms. The lowest BCUT2D eigenvalue weighted by molar-refractivity contribution is -0.113. The molecule has 1 rings (SSSR count). The first-order valence-electron chi connectivity index (χ1n) is 9.29. The molecule has 0 aliphatic heterocycles. The molecule has 0 aliphatic rings. The van der Waals surface area contributed by atoms with Crippen LogP contribution < -0.4 is 5.32 Å². The molecule has 1 heterocycles. The second-order valence-corrected chi connectivity index (χ2v) is 9.61. The van der Waals surface area contributed by atoms with E-state index in [-0.39, 0.29) is 5.75 Å². The van der Waals surface area contributed by atoms with E-state index in [0.29, 0.717) is 11.6 Å². The minimum atomic E-state index is -3.35. The van der Waals surface area contributed by atoms with E-state index in [2.05, 4.69) is 22.4 Å². The van der Waals surface area contributed by atoms with Gasteiger partial charge in [0.25, 0.3) is 0 Å². The lowest BCUT2D eigenvalue weighted by atomic mass is 10.1. The van der Waals surface area contributed by atoms with Crippen molar-refractivity contribution in [1.29, 1.82) is 0 Å². The average Bonchev–Trinajstić information content (AvgIpc) is 2.97. The van der Waals surface area contributed by atoms with Crippen molar-refractivity contribution >= 4 is 32.2 Å². The summed E-state index contributed by atoms with van der Waals surface area (Å²) >= 11 is 1.33. The first kappa shape index (κ1) is 22.0. The van der Waals surface area contributed by atoms with E-state index in [4.69, 9.17) is 0 Å². The van der Waals surface area contributed by atoms with Crippen LogP contribution >= 0.6 is 11.3 Å². The molecule has 0 unspecified atom stereocenters. The third-order valence-electron chi connectivity index (χ3n) is 3.87. The third-order valence-corrected chi connectivity index (χ3v) is 6.38. The number of hydrogen-bond donors (Lipinski definition) is 1. The van der Waals surface area contributed by atoms with E-state index in [9.17, 15) is 13.2 Å². The summed E-state index contributed by atoms with van der Waals surface area (Å²) in [5, 5.41) is 11.8. The van der Waals surface area contributed by atoms with Gasteiger partial charge in [-0.3, -0.25) is 10.1 Å². The van der Waals surface area contributed by atoms with Crippen molar-refractivity contribution in [3.63, 3.8) is 0 Å². The molecule has 25 heavy (non-hydrogen) atoms. The minimum Gasteiger partial charge on any atom is -0.300 e. The highest BCUT2D eigenvalue weighted by Gasteiger charge is 2.17. The molecule has 144 valence electrons. The quantitative estimate of drug-likeness (QED) is 0.486. The summed E-state index contributed by atoms with van der Waals surface area (Å²) in [6.07, 6.45) is 10.6. The number of sulfone groups is 1. The number of anilines is 1. The Balaban J connectivity index is 2.30. The number of aromatic nitrogens is 2. The molecular formula is C17H31N3O3S2. The number of hydrogen-bond acceptors (Lipinski definition) is 6. The Morgan fingerprint density at radius 1 is 0.960 bits per heavy atom. The van der Waals surface area contributed by atoms with Gasteiger partial charge in [0, 0.05) is 6.42 Å². The van der Waals surface area contributed by atoms with Crippen molar-refractivity contribution in [2.75, 3.05) is 16.8 Å². The molecule has 1 aromatic heterocycles. The second kappa shape index (κ2) is 12.4. The zero-order chi connectivity index (χ0) is 18.5. The Morgan fingerprint density at radius 2 is 1.60 bits per heavy atom. The van der Waals surface area contributed by atoms with Crippen LogP contribution in [0.4, 0.5) is 5.13 Å². The van der Waals surface area contributed by atoms with Gasteiger partial charge in [0.1, 0.15) is 10.8 Å². The molecule has 0 bridgehead atoms. The number of carbonyl (C=O) groups excluding carboxylic acids is 1. The number of rotatable bonds is 14. The van der Waals surface area contributed by atoms with Gasteiger partial charge in [0.2, 0.25) is 11.0 Å². The SMILES string of the molecule is CCCCCCCCc1nnc(NC(=O)CS(=O)(=O)CCCCC)s1. The fourth-order valence-corrected chi connectivity index (χ4v) is 4.52. The maximum absolute atomic E-state index is 11.9. The molecule has 0 aliphatic carbocycles. The summed E-state index contributed by atoms with van der Waals surface area (Å²) in [5.41, 5.74) is 0. The number of nitrogens with zero attached hydrogens (tertiary/aromatic N) is 2. The van der Waals surface area contributed by atoms with Gasteiger partial charge in [-0.1, -0.05) is 70.1 Å². The number of unbranched alkanes of at least 4 members (excludes halogenated alkanes) is 7. The van der Waals surface area contributed by atoms with Crippen LogP contribution in [0.2, 0.25) is 0 Å². The van der Waals surface area contributed by atoms with E-state index in [1.165, 1.54) is 43.4 Å². The molecule has 8 heteroatoms.